The van der Waals surface area contributed by atoms with Gasteiger partial charge in [0.1, 0.15) is 11.5 Å². The highest BCUT2D eigenvalue weighted by molar-refractivity contribution is 6.29. The number of hydrogen-bond donors (Lipinski definition) is 1. The van der Waals surface area contributed by atoms with Crippen LogP contribution in [0.3, 0.4) is 0 Å². The second kappa shape index (κ2) is 5.13. The summed E-state index contributed by atoms with van der Waals surface area (Å²) in [5.41, 5.74) is 2.57. The van der Waals surface area contributed by atoms with Gasteiger partial charge in [0.05, 0.1) is 5.56 Å². The second-order valence-electron chi connectivity index (χ2n) is 6.54. The Kier molecular flexibility index (Phi) is 3.17. The SMILES string of the molecule is CC(=O)C1CCc2c(cc3c(c2O)C(=O)c2ccccc2C3=O)C1. The van der Waals surface area contributed by atoms with Crippen LogP contribution in [0, 0.1) is 5.92 Å². The van der Waals surface area contributed by atoms with Gasteiger partial charge in [0.15, 0.2) is 11.6 Å². The molecule has 4 rings (SSSR count). The minimum atomic E-state index is -0.311. The van der Waals surface area contributed by atoms with Crippen molar-refractivity contribution < 1.29 is 19.5 Å². The first-order valence-corrected chi connectivity index (χ1v) is 8.05. The fourth-order valence-corrected chi connectivity index (χ4v) is 3.83. The second-order valence-corrected chi connectivity index (χ2v) is 6.54. The maximum Gasteiger partial charge on any atom is 0.198 e. The number of carbonyl (C=O) groups is 3. The molecule has 2 aliphatic carbocycles. The Morgan fingerprint density at radius 3 is 2.42 bits per heavy atom. The third-order valence-corrected chi connectivity index (χ3v) is 5.17. The molecule has 2 aromatic carbocycles. The number of ketones is 3. The van der Waals surface area contributed by atoms with E-state index in [2.05, 4.69) is 0 Å². The van der Waals surface area contributed by atoms with Gasteiger partial charge in [-0.15, -0.1) is 0 Å². The van der Waals surface area contributed by atoms with Crippen molar-refractivity contribution in [1.29, 1.82) is 0 Å². The molecule has 2 aliphatic rings. The Hall–Kier alpha value is -2.75. The molecule has 0 radical (unpaired) electrons. The van der Waals surface area contributed by atoms with E-state index in [0.717, 1.165) is 5.56 Å². The van der Waals surface area contributed by atoms with Crippen LogP contribution in [0.25, 0.3) is 0 Å². The predicted molar refractivity (Wildman–Crippen MR) is 87.6 cm³/mol. The monoisotopic (exact) mass is 320 g/mol. The molecule has 1 unspecified atom stereocenters. The Morgan fingerprint density at radius 2 is 1.75 bits per heavy atom. The van der Waals surface area contributed by atoms with Crippen molar-refractivity contribution in [1.82, 2.24) is 0 Å². The molecule has 4 heteroatoms. The minimum Gasteiger partial charge on any atom is -0.507 e. The van der Waals surface area contributed by atoms with Gasteiger partial charge >= 0.3 is 0 Å². The molecule has 0 saturated carbocycles. The van der Waals surface area contributed by atoms with Crippen LogP contribution < -0.4 is 0 Å². The number of phenols is 1. The summed E-state index contributed by atoms with van der Waals surface area (Å²) in [5.74, 6) is -0.614. The summed E-state index contributed by atoms with van der Waals surface area (Å²) in [7, 11) is 0. The molecule has 0 fully saturated rings. The summed E-state index contributed by atoms with van der Waals surface area (Å²) in [6.45, 7) is 1.57. The van der Waals surface area contributed by atoms with Gasteiger partial charge in [-0.2, -0.15) is 0 Å². The van der Waals surface area contributed by atoms with Gasteiger partial charge in [-0.25, -0.2) is 0 Å². The molecule has 0 heterocycles. The first-order valence-electron chi connectivity index (χ1n) is 8.05. The highest BCUT2D eigenvalue weighted by Gasteiger charge is 2.35. The van der Waals surface area contributed by atoms with Crippen LogP contribution in [0.15, 0.2) is 30.3 Å². The van der Waals surface area contributed by atoms with Gasteiger partial charge in [-0.05, 0) is 43.4 Å². The van der Waals surface area contributed by atoms with Gasteiger partial charge in [0, 0.05) is 22.6 Å². The van der Waals surface area contributed by atoms with Crippen molar-refractivity contribution in [2.24, 2.45) is 5.92 Å². The van der Waals surface area contributed by atoms with E-state index in [1.165, 1.54) is 0 Å². The summed E-state index contributed by atoms with van der Waals surface area (Å²) in [5, 5.41) is 10.7. The van der Waals surface area contributed by atoms with Crippen molar-refractivity contribution in [3.8, 4) is 5.75 Å². The third kappa shape index (κ3) is 1.96. The van der Waals surface area contributed by atoms with Crippen LogP contribution >= 0.6 is 0 Å². The number of benzene rings is 2. The fraction of sp³-hybridized carbons (Fsp3) is 0.250. The van der Waals surface area contributed by atoms with E-state index in [9.17, 15) is 19.5 Å². The molecule has 0 aliphatic heterocycles. The summed E-state index contributed by atoms with van der Waals surface area (Å²) in [4.78, 5) is 37.2. The zero-order valence-corrected chi connectivity index (χ0v) is 13.3. The molecular formula is C20H16O4. The molecule has 1 atom stereocenters. The lowest BCUT2D eigenvalue weighted by molar-refractivity contribution is -0.121. The van der Waals surface area contributed by atoms with Gasteiger partial charge in [0.25, 0.3) is 0 Å². The number of hydrogen-bond acceptors (Lipinski definition) is 4. The molecule has 2 aromatic rings. The number of aromatic hydroxyl groups is 1. The summed E-state index contributed by atoms with van der Waals surface area (Å²) in [6.07, 6.45) is 1.71. The highest BCUT2D eigenvalue weighted by Crippen LogP contribution is 2.40. The maximum absolute atomic E-state index is 12.8. The molecule has 0 amide bonds. The Morgan fingerprint density at radius 1 is 1.08 bits per heavy atom. The number of rotatable bonds is 1. The first-order chi connectivity index (χ1) is 11.5. The van der Waals surface area contributed by atoms with Crippen LogP contribution in [-0.2, 0) is 17.6 Å². The number of phenolic OH excluding ortho intramolecular Hbond substituents is 1. The fourth-order valence-electron chi connectivity index (χ4n) is 3.83. The van der Waals surface area contributed by atoms with Crippen LogP contribution in [0.4, 0.5) is 0 Å². The molecule has 0 spiro atoms. The lowest BCUT2D eigenvalue weighted by Gasteiger charge is -2.27. The molecule has 0 bridgehead atoms. The lowest BCUT2D eigenvalue weighted by Crippen LogP contribution is -2.25. The van der Waals surface area contributed by atoms with Crippen LogP contribution in [0.1, 0.15) is 56.3 Å². The van der Waals surface area contributed by atoms with Gasteiger partial charge in [-0.1, -0.05) is 24.3 Å². The Bertz CT molecular complexity index is 923. The van der Waals surface area contributed by atoms with Crippen molar-refractivity contribution in [2.45, 2.75) is 26.2 Å². The first kappa shape index (κ1) is 14.8. The summed E-state index contributed by atoms with van der Waals surface area (Å²) < 4.78 is 0. The van der Waals surface area contributed by atoms with E-state index in [1.54, 1.807) is 37.3 Å². The zero-order chi connectivity index (χ0) is 17.0. The molecule has 24 heavy (non-hydrogen) atoms. The average molecular weight is 320 g/mol. The Labute approximate surface area is 139 Å². The van der Waals surface area contributed by atoms with E-state index < -0.39 is 0 Å². The smallest absolute Gasteiger partial charge is 0.198 e. The van der Waals surface area contributed by atoms with Crippen LogP contribution in [-0.4, -0.2) is 22.5 Å². The highest BCUT2D eigenvalue weighted by atomic mass is 16.3. The number of carbonyl (C=O) groups excluding carboxylic acids is 3. The van der Waals surface area contributed by atoms with E-state index in [-0.39, 0.29) is 40.1 Å². The maximum atomic E-state index is 12.8. The molecule has 0 aromatic heterocycles. The summed E-state index contributed by atoms with van der Waals surface area (Å²) in [6, 6.07) is 8.38. The number of fused-ring (bicyclic) bond motifs is 3. The normalized spacial score (nSPS) is 18.6. The molecule has 4 nitrogen and oxygen atoms in total. The van der Waals surface area contributed by atoms with Gasteiger partial charge in [0.2, 0.25) is 0 Å². The largest absolute Gasteiger partial charge is 0.507 e. The third-order valence-electron chi connectivity index (χ3n) is 5.17. The zero-order valence-electron chi connectivity index (χ0n) is 13.3. The van der Waals surface area contributed by atoms with E-state index in [0.29, 0.717) is 36.0 Å². The molecular weight excluding hydrogens is 304 g/mol. The van der Waals surface area contributed by atoms with Crippen molar-refractivity contribution in [3.63, 3.8) is 0 Å². The quantitative estimate of drug-likeness (QED) is 0.748. The number of Topliss-reactive ketones (excluding diaryl/α,β-unsaturated/α-hetero) is 1. The Balaban J connectivity index is 1.92. The topological polar surface area (TPSA) is 71.4 Å². The summed E-state index contributed by atoms with van der Waals surface area (Å²) >= 11 is 0. The van der Waals surface area contributed by atoms with Crippen molar-refractivity contribution >= 4 is 17.3 Å². The molecule has 0 saturated heterocycles. The van der Waals surface area contributed by atoms with E-state index >= 15 is 0 Å². The van der Waals surface area contributed by atoms with E-state index in [4.69, 9.17) is 0 Å². The molecule has 120 valence electrons. The van der Waals surface area contributed by atoms with Crippen molar-refractivity contribution in [3.05, 3.63) is 63.7 Å². The molecule has 1 N–H and O–H groups in total. The minimum absolute atomic E-state index is 0.0858. The average Bonchev–Trinajstić information content (AvgIpc) is 2.59. The standard InChI is InChI=1S/C20H16O4/c1-10(21)11-6-7-13-12(8-11)9-16-17(19(13)23)20(24)15-5-3-2-4-14(15)18(16)22/h2-5,9,11,23H,6-8H2,1H3. The van der Waals surface area contributed by atoms with Gasteiger partial charge in [-0.3, -0.25) is 14.4 Å². The van der Waals surface area contributed by atoms with Crippen molar-refractivity contribution in [2.75, 3.05) is 0 Å². The van der Waals surface area contributed by atoms with E-state index in [1.807, 2.05) is 0 Å². The predicted octanol–water partition coefficient (Wildman–Crippen LogP) is 2.86. The van der Waals surface area contributed by atoms with Crippen LogP contribution in [0.2, 0.25) is 0 Å². The van der Waals surface area contributed by atoms with Crippen LogP contribution in [0.5, 0.6) is 5.75 Å². The lowest BCUT2D eigenvalue weighted by atomic mass is 9.76. The van der Waals surface area contributed by atoms with Gasteiger partial charge < -0.3 is 5.11 Å².